The van der Waals surface area contributed by atoms with E-state index < -0.39 is 10.0 Å². The molecule has 24 heavy (non-hydrogen) atoms. The normalized spacial score (nSPS) is 31.5. The van der Waals surface area contributed by atoms with Gasteiger partial charge in [-0.15, -0.1) is 0 Å². The van der Waals surface area contributed by atoms with Crippen LogP contribution in [0.4, 0.5) is 0 Å². The topological polar surface area (TPSA) is 99.7 Å². The van der Waals surface area contributed by atoms with Crippen LogP contribution in [0, 0.1) is 0 Å². The first-order valence-electron chi connectivity index (χ1n) is 8.23. The van der Waals surface area contributed by atoms with Crippen LogP contribution in [0.1, 0.15) is 31.2 Å². The number of piperidine rings is 1. The molecule has 3 aliphatic heterocycles. The third-order valence-electron chi connectivity index (χ3n) is 4.88. The number of amidine groups is 1. The highest BCUT2D eigenvalue weighted by Gasteiger charge is 2.34. The summed E-state index contributed by atoms with van der Waals surface area (Å²) >= 11 is 0. The predicted octanol–water partition coefficient (Wildman–Crippen LogP) is 0.124. The quantitative estimate of drug-likeness (QED) is 0.723. The number of benzene rings is 1. The summed E-state index contributed by atoms with van der Waals surface area (Å²) in [6.07, 6.45) is 4.26. The Morgan fingerprint density at radius 3 is 2.67 bits per heavy atom. The van der Waals surface area contributed by atoms with E-state index in [-0.39, 0.29) is 29.2 Å². The van der Waals surface area contributed by atoms with Gasteiger partial charge in [0.15, 0.2) is 0 Å². The summed E-state index contributed by atoms with van der Waals surface area (Å²) in [5, 5.41) is 6.56. The highest BCUT2D eigenvalue weighted by Crippen LogP contribution is 2.26. The lowest BCUT2D eigenvalue weighted by Crippen LogP contribution is -2.48. The third-order valence-corrected chi connectivity index (χ3v) is 6.28. The summed E-state index contributed by atoms with van der Waals surface area (Å²) in [6, 6.07) is 7.84. The van der Waals surface area contributed by atoms with Gasteiger partial charge in [-0.05, 0) is 37.8 Å². The first-order valence-corrected chi connectivity index (χ1v) is 9.72. The average Bonchev–Trinajstić information content (AvgIpc) is 3.02. The van der Waals surface area contributed by atoms with Crippen molar-refractivity contribution in [1.29, 1.82) is 0 Å². The van der Waals surface area contributed by atoms with Crippen molar-refractivity contribution in [3.63, 3.8) is 0 Å². The molecule has 0 aromatic heterocycles. The van der Waals surface area contributed by atoms with E-state index >= 15 is 0 Å². The Balaban J connectivity index is 1.41. The first kappa shape index (κ1) is 15.6. The van der Waals surface area contributed by atoms with E-state index in [2.05, 4.69) is 20.3 Å². The van der Waals surface area contributed by atoms with Gasteiger partial charge >= 0.3 is 0 Å². The fourth-order valence-corrected chi connectivity index (χ4v) is 5.10. The minimum Gasteiger partial charge on any atom is -0.352 e. The fraction of sp³-hybridized carbons (Fsp3) is 0.500. The van der Waals surface area contributed by atoms with Crippen molar-refractivity contribution in [3.05, 3.63) is 29.8 Å². The van der Waals surface area contributed by atoms with Gasteiger partial charge in [-0.2, -0.15) is 0 Å². The number of carbonyl (C=O) groups excluding carboxylic acids is 1. The van der Waals surface area contributed by atoms with E-state index in [0.29, 0.717) is 17.6 Å². The van der Waals surface area contributed by atoms with Gasteiger partial charge in [0, 0.05) is 23.7 Å². The molecule has 0 aliphatic carbocycles. The Bertz CT molecular complexity index is 793. The maximum absolute atomic E-state index is 12.2. The molecule has 8 heteroatoms. The second-order valence-electron chi connectivity index (χ2n) is 6.64. The Hall–Kier alpha value is -1.93. The van der Waals surface area contributed by atoms with E-state index in [1.165, 1.54) is 18.9 Å². The van der Waals surface area contributed by atoms with Crippen molar-refractivity contribution < 1.29 is 13.2 Å². The van der Waals surface area contributed by atoms with E-state index in [1.54, 1.807) is 18.2 Å². The molecular weight excluding hydrogens is 328 g/mol. The van der Waals surface area contributed by atoms with Gasteiger partial charge in [0.05, 0.1) is 4.90 Å². The van der Waals surface area contributed by atoms with Crippen molar-refractivity contribution in [2.45, 2.75) is 48.7 Å². The van der Waals surface area contributed by atoms with Crippen LogP contribution in [0.2, 0.25) is 0 Å². The van der Waals surface area contributed by atoms with Crippen LogP contribution >= 0.6 is 0 Å². The van der Waals surface area contributed by atoms with E-state index in [0.717, 1.165) is 12.8 Å². The molecule has 0 saturated carbocycles. The van der Waals surface area contributed by atoms with Gasteiger partial charge in [0.25, 0.3) is 10.0 Å². The number of sulfonamides is 1. The van der Waals surface area contributed by atoms with Gasteiger partial charge in [0.2, 0.25) is 5.91 Å². The first-order chi connectivity index (χ1) is 11.5. The lowest BCUT2D eigenvalue weighted by molar-refractivity contribution is -0.120. The number of nitrogens with one attached hydrogen (secondary N) is 3. The third kappa shape index (κ3) is 2.91. The van der Waals surface area contributed by atoms with Crippen LogP contribution in [0.15, 0.2) is 34.2 Å². The van der Waals surface area contributed by atoms with Gasteiger partial charge in [-0.1, -0.05) is 12.1 Å². The standard InChI is InChI=1S/C16H20N4O3S/c21-15(19-12-7-10-5-6-11(8-12)18-10)9-17-16-13-3-1-2-4-14(13)24(22,23)20-16/h1-4,10-12,18H,5-9H2,(H,17,20)(H,19,21). The Morgan fingerprint density at radius 1 is 1.21 bits per heavy atom. The zero-order valence-electron chi connectivity index (χ0n) is 13.2. The molecule has 1 amide bonds. The summed E-state index contributed by atoms with van der Waals surface area (Å²) in [5.74, 6) is 0.0727. The number of carbonyl (C=O) groups is 1. The van der Waals surface area contributed by atoms with Gasteiger partial charge in [-0.3, -0.25) is 14.5 Å². The minimum absolute atomic E-state index is 0.0779. The van der Waals surface area contributed by atoms with Crippen LogP contribution in [0.5, 0.6) is 0 Å². The highest BCUT2D eigenvalue weighted by atomic mass is 32.2. The molecule has 1 aromatic carbocycles. The molecule has 2 fully saturated rings. The van der Waals surface area contributed by atoms with Crippen LogP contribution in [-0.2, 0) is 14.8 Å². The van der Waals surface area contributed by atoms with Crippen molar-refractivity contribution >= 4 is 21.8 Å². The lowest BCUT2D eigenvalue weighted by Gasteiger charge is -2.29. The lowest BCUT2D eigenvalue weighted by atomic mass is 10.00. The molecule has 2 atom stereocenters. The summed E-state index contributed by atoms with van der Waals surface area (Å²) < 4.78 is 26.4. The summed E-state index contributed by atoms with van der Waals surface area (Å²) in [5.41, 5.74) is 0.519. The van der Waals surface area contributed by atoms with Crippen molar-refractivity contribution in [3.8, 4) is 0 Å². The number of amides is 1. The minimum atomic E-state index is -3.56. The van der Waals surface area contributed by atoms with Crippen LogP contribution in [-0.4, -0.2) is 44.8 Å². The zero-order chi connectivity index (χ0) is 16.7. The second kappa shape index (κ2) is 5.86. The molecule has 3 aliphatic rings. The number of aliphatic imine (C=N–C) groups is 1. The molecule has 2 unspecified atom stereocenters. The van der Waals surface area contributed by atoms with Crippen molar-refractivity contribution in [2.24, 2.45) is 4.99 Å². The molecule has 4 rings (SSSR count). The molecule has 3 heterocycles. The van der Waals surface area contributed by atoms with Crippen molar-refractivity contribution in [2.75, 3.05) is 6.54 Å². The largest absolute Gasteiger partial charge is 0.352 e. The number of fused-ring (bicyclic) bond motifs is 3. The average molecular weight is 348 g/mol. The van der Waals surface area contributed by atoms with Gasteiger partial charge < -0.3 is 10.6 Å². The second-order valence-corrected chi connectivity index (χ2v) is 8.29. The SMILES string of the molecule is O=C(CN=C1NS(=O)(=O)c2ccccc21)NC1CC2CCC(C1)N2. The molecule has 3 N–H and O–H groups in total. The Morgan fingerprint density at radius 2 is 1.92 bits per heavy atom. The Kier molecular flexibility index (Phi) is 3.80. The maximum atomic E-state index is 12.2. The van der Waals surface area contributed by atoms with Gasteiger partial charge in [-0.25, -0.2) is 8.42 Å². The molecular formula is C16H20N4O3S. The highest BCUT2D eigenvalue weighted by molar-refractivity contribution is 7.90. The Labute approximate surface area is 141 Å². The van der Waals surface area contributed by atoms with E-state index in [9.17, 15) is 13.2 Å². The van der Waals surface area contributed by atoms with Crippen LogP contribution in [0.3, 0.4) is 0 Å². The molecule has 2 saturated heterocycles. The molecule has 1 aromatic rings. The molecule has 2 bridgehead atoms. The molecule has 128 valence electrons. The zero-order valence-corrected chi connectivity index (χ0v) is 14.0. The van der Waals surface area contributed by atoms with E-state index in [4.69, 9.17) is 0 Å². The predicted molar refractivity (Wildman–Crippen MR) is 89.3 cm³/mol. The number of rotatable bonds is 3. The number of nitrogens with zero attached hydrogens (tertiary/aromatic N) is 1. The number of hydrogen-bond acceptors (Lipinski definition) is 5. The van der Waals surface area contributed by atoms with Crippen molar-refractivity contribution in [1.82, 2.24) is 15.4 Å². The van der Waals surface area contributed by atoms with Crippen LogP contribution in [0.25, 0.3) is 0 Å². The summed E-state index contributed by atoms with van der Waals surface area (Å²) in [4.78, 5) is 16.5. The van der Waals surface area contributed by atoms with E-state index in [1.807, 2.05) is 0 Å². The van der Waals surface area contributed by atoms with Gasteiger partial charge in [0.1, 0.15) is 12.4 Å². The molecule has 0 spiro atoms. The smallest absolute Gasteiger partial charge is 0.263 e. The fourth-order valence-electron chi connectivity index (χ4n) is 3.85. The number of hydrogen-bond donors (Lipinski definition) is 3. The summed E-state index contributed by atoms with van der Waals surface area (Å²) in [7, 11) is -3.56. The summed E-state index contributed by atoms with van der Waals surface area (Å²) in [6.45, 7) is -0.0779. The van der Waals surface area contributed by atoms with Crippen LogP contribution < -0.4 is 15.4 Å². The maximum Gasteiger partial charge on any atom is 0.263 e. The monoisotopic (exact) mass is 348 g/mol. The molecule has 0 radical (unpaired) electrons. The molecule has 7 nitrogen and oxygen atoms in total.